The molecular weight excluding hydrogens is 268 g/mol. The maximum Gasteiger partial charge on any atom is 0.219 e. The summed E-state index contributed by atoms with van der Waals surface area (Å²) in [6, 6.07) is 3.77. The quantitative estimate of drug-likeness (QED) is 0.741. The van der Waals surface area contributed by atoms with Crippen LogP contribution in [0.5, 0.6) is 0 Å². The molecule has 0 aliphatic rings. The lowest BCUT2D eigenvalue weighted by atomic mass is 10.1. The first-order valence-electron chi connectivity index (χ1n) is 4.72. The lowest BCUT2D eigenvalue weighted by Gasteiger charge is -2.21. The van der Waals surface area contributed by atoms with E-state index in [1.165, 1.54) is 0 Å². The molecule has 0 spiro atoms. The molecule has 0 aliphatic carbocycles. The van der Waals surface area contributed by atoms with Gasteiger partial charge in [0.25, 0.3) is 0 Å². The van der Waals surface area contributed by atoms with Crippen LogP contribution in [0.3, 0.4) is 0 Å². The van der Waals surface area contributed by atoms with Crippen LogP contribution in [0.2, 0.25) is 0 Å². The summed E-state index contributed by atoms with van der Waals surface area (Å²) < 4.78 is -1.47. The van der Waals surface area contributed by atoms with Gasteiger partial charge in [0.05, 0.1) is 0 Å². The fraction of sp³-hybridized carbons (Fsp3) is 0.400. The van der Waals surface area contributed by atoms with Gasteiger partial charge in [0.1, 0.15) is 0 Å². The number of alkyl halides is 3. The minimum absolute atomic E-state index is 0.613. The molecule has 3 nitrogen and oxygen atoms in total. The third-order valence-electron chi connectivity index (χ3n) is 2.25. The second kappa shape index (κ2) is 5.21. The van der Waals surface area contributed by atoms with Crippen LogP contribution in [0.15, 0.2) is 12.1 Å². The van der Waals surface area contributed by atoms with E-state index in [2.05, 4.69) is 16.0 Å². The molecule has 1 aromatic rings. The van der Waals surface area contributed by atoms with Crippen LogP contribution in [-0.2, 0) is 3.79 Å². The van der Waals surface area contributed by atoms with E-state index in [1.54, 1.807) is 14.1 Å². The molecular formula is C10H14Cl3N3. The molecule has 0 unspecified atom stereocenters. The van der Waals surface area contributed by atoms with Gasteiger partial charge in [-0.15, -0.1) is 0 Å². The summed E-state index contributed by atoms with van der Waals surface area (Å²) in [7, 11) is 5.41. The first-order valence-corrected chi connectivity index (χ1v) is 5.86. The monoisotopic (exact) mass is 281 g/mol. The van der Waals surface area contributed by atoms with Crippen molar-refractivity contribution in [3.63, 3.8) is 0 Å². The highest BCUT2D eigenvalue weighted by Crippen LogP contribution is 2.46. The molecule has 0 saturated carbocycles. The minimum Gasteiger partial charge on any atom is -0.388 e. The lowest BCUT2D eigenvalue weighted by molar-refractivity contribution is 1.22. The zero-order chi connectivity index (χ0) is 12.3. The molecule has 0 aliphatic heterocycles. The fourth-order valence-corrected chi connectivity index (χ4v) is 2.10. The predicted octanol–water partition coefficient (Wildman–Crippen LogP) is 3.64. The molecule has 6 heteroatoms. The van der Waals surface area contributed by atoms with Gasteiger partial charge in [-0.2, -0.15) is 0 Å². The molecule has 0 saturated heterocycles. The predicted molar refractivity (Wildman–Crippen MR) is 74.3 cm³/mol. The molecule has 0 fully saturated rings. The Labute approximate surface area is 110 Å². The summed E-state index contributed by atoms with van der Waals surface area (Å²) in [5.74, 6) is 0. The van der Waals surface area contributed by atoms with E-state index >= 15 is 0 Å². The van der Waals surface area contributed by atoms with Crippen molar-refractivity contribution in [3.05, 3.63) is 17.7 Å². The summed E-state index contributed by atoms with van der Waals surface area (Å²) in [5, 5.41) is 9.08. The molecule has 3 N–H and O–H groups in total. The van der Waals surface area contributed by atoms with Gasteiger partial charge in [0, 0.05) is 43.8 Å². The van der Waals surface area contributed by atoms with Crippen LogP contribution >= 0.6 is 34.8 Å². The standard InChI is InChI=1S/C10H14Cl3N3/c1-14-6-4-7(15-2)9(10(11,12)13)8(5-6)16-3/h4-5,14-16H,1-3H3. The van der Waals surface area contributed by atoms with Gasteiger partial charge >= 0.3 is 0 Å². The molecule has 0 bridgehead atoms. The Balaban J connectivity index is 3.44. The van der Waals surface area contributed by atoms with Crippen LogP contribution in [0.25, 0.3) is 0 Å². The average Bonchev–Trinajstić information content (AvgIpc) is 2.25. The van der Waals surface area contributed by atoms with Gasteiger partial charge in [-0.05, 0) is 12.1 Å². The first kappa shape index (κ1) is 13.6. The molecule has 16 heavy (non-hydrogen) atoms. The fourth-order valence-electron chi connectivity index (χ4n) is 1.49. The second-order valence-corrected chi connectivity index (χ2v) is 5.48. The number of hydrogen-bond donors (Lipinski definition) is 3. The normalized spacial score (nSPS) is 11.1. The Morgan fingerprint density at radius 3 is 1.56 bits per heavy atom. The maximum atomic E-state index is 5.95. The van der Waals surface area contributed by atoms with E-state index in [9.17, 15) is 0 Å². The minimum atomic E-state index is -1.47. The van der Waals surface area contributed by atoms with E-state index in [0.717, 1.165) is 17.1 Å². The van der Waals surface area contributed by atoms with Crippen molar-refractivity contribution >= 4 is 51.9 Å². The highest BCUT2D eigenvalue weighted by atomic mass is 35.6. The molecule has 90 valence electrons. The van der Waals surface area contributed by atoms with Crippen LogP contribution in [0.1, 0.15) is 5.56 Å². The van der Waals surface area contributed by atoms with Crippen LogP contribution in [0.4, 0.5) is 17.1 Å². The SMILES string of the molecule is CNc1cc(NC)c(C(Cl)(Cl)Cl)c(NC)c1. The molecule has 0 radical (unpaired) electrons. The number of benzene rings is 1. The summed E-state index contributed by atoms with van der Waals surface area (Å²) >= 11 is 17.9. The molecule has 1 aromatic carbocycles. The van der Waals surface area contributed by atoms with E-state index < -0.39 is 3.79 Å². The molecule has 0 aromatic heterocycles. The van der Waals surface area contributed by atoms with Crippen molar-refractivity contribution in [1.29, 1.82) is 0 Å². The molecule has 0 heterocycles. The molecule has 0 amide bonds. The van der Waals surface area contributed by atoms with Crippen molar-refractivity contribution in [2.24, 2.45) is 0 Å². The largest absolute Gasteiger partial charge is 0.388 e. The number of nitrogens with one attached hydrogen (secondary N) is 3. The Morgan fingerprint density at radius 1 is 0.875 bits per heavy atom. The van der Waals surface area contributed by atoms with E-state index in [0.29, 0.717) is 5.56 Å². The Bertz CT molecular complexity index is 349. The van der Waals surface area contributed by atoms with Crippen molar-refractivity contribution in [2.45, 2.75) is 3.79 Å². The summed E-state index contributed by atoms with van der Waals surface area (Å²) in [5.41, 5.74) is 3.10. The zero-order valence-electron chi connectivity index (χ0n) is 9.29. The highest BCUT2D eigenvalue weighted by molar-refractivity contribution is 6.67. The van der Waals surface area contributed by atoms with Gasteiger partial charge in [-0.25, -0.2) is 0 Å². The third kappa shape index (κ3) is 2.78. The van der Waals surface area contributed by atoms with Gasteiger partial charge in [0.2, 0.25) is 3.79 Å². The Kier molecular flexibility index (Phi) is 4.42. The smallest absolute Gasteiger partial charge is 0.219 e. The van der Waals surface area contributed by atoms with Crippen molar-refractivity contribution in [2.75, 3.05) is 37.1 Å². The average molecular weight is 283 g/mol. The first-order chi connectivity index (χ1) is 7.43. The second-order valence-electron chi connectivity index (χ2n) is 3.19. The topological polar surface area (TPSA) is 36.1 Å². The van der Waals surface area contributed by atoms with Crippen molar-refractivity contribution < 1.29 is 0 Å². The van der Waals surface area contributed by atoms with E-state index in [1.807, 2.05) is 19.2 Å². The van der Waals surface area contributed by atoms with Crippen molar-refractivity contribution in [3.8, 4) is 0 Å². The van der Waals surface area contributed by atoms with Crippen molar-refractivity contribution in [1.82, 2.24) is 0 Å². The Hall–Kier alpha value is -0.510. The van der Waals surface area contributed by atoms with Gasteiger partial charge < -0.3 is 16.0 Å². The van der Waals surface area contributed by atoms with Gasteiger partial charge in [0.15, 0.2) is 0 Å². The summed E-state index contributed by atoms with van der Waals surface area (Å²) in [6.45, 7) is 0. The van der Waals surface area contributed by atoms with Gasteiger partial charge in [-0.1, -0.05) is 34.8 Å². The number of hydrogen-bond acceptors (Lipinski definition) is 3. The summed E-state index contributed by atoms with van der Waals surface area (Å²) in [4.78, 5) is 0. The van der Waals surface area contributed by atoms with Crippen LogP contribution < -0.4 is 16.0 Å². The van der Waals surface area contributed by atoms with E-state index in [-0.39, 0.29) is 0 Å². The van der Waals surface area contributed by atoms with Crippen LogP contribution in [-0.4, -0.2) is 21.1 Å². The third-order valence-corrected chi connectivity index (χ3v) is 2.82. The summed E-state index contributed by atoms with van der Waals surface area (Å²) in [6.07, 6.45) is 0. The Morgan fingerprint density at radius 2 is 1.31 bits per heavy atom. The number of anilines is 3. The molecule has 0 atom stereocenters. The lowest BCUT2D eigenvalue weighted by Crippen LogP contribution is -2.10. The van der Waals surface area contributed by atoms with Gasteiger partial charge in [-0.3, -0.25) is 0 Å². The highest BCUT2D eigenvalue weighted by Gasteiger charge is 2.29. The molecule has 1 rings (SSSR count). The zero-order valence-corrected chi connectivity index (χ0v) is 11.6. The number of rotatable bonds is 3. The van der Waals surface area contributed by atoms with E-state index in [4.69, 9.17) is 34.8 Å². The number of halogens is 3. The maximum absolute atomic E-state index is 5.95. The van der Waals surface area contributed by atoms with Crippen LogP contribution in [0, 0.1) is 0 Å².